The molecule has 12 heavy (non-hydrogen) atoms. The minimum Gasteiger partial charge on any atom is -0.469 e. The third kappa shape index (κ3) is 1.29. The average molecular weight is 172 g/mol. The highest BCUT2D eigenvalue weighted by atomic mass is 16.6. The maximum atomic E-state index is 11.1. The maximum Gasteiger partial charge on any atom is 0.313 e. The van der Waals surface area contributed by atoms with Crippen molar-refractivity contribution in [2.75, 3.05) is 7.11 Å². The first kappa shape index (κ1) is 9.03. The molecule has 0 aromatic rings. The Balaban J connectivity index is 2.76. The fourth-order valence-corrected chi connectivity index (χ4v) is 1.45. The van der Waals surface area contributed by atoms with E-state index < -0.39 is 5.92 Å². The van der Waals surface area contributed by atoms with Crippen LogP contribution in [0.5, 0.6) is 0 Å². The van der Waals surface area contributed by atoms with Crippen LogP contribution in [-0.2, 0) is 19.1 Å². The normalized spacial score (nSPS) is 34.6. The highest BCUT2D eigenvalue weighted by Crippen LogP contribution is 2.28. The molecule has 1 heterocycles. The summed E-state index contributed by atoms with van der Waals surface area (Å²) in [5.41, 5.74) is 0. The number of ether oxygens (including phenoxy) is 2. The summed E-state index contributed by atoms with van der Waals surface area (Å²) in [6.07, 6.45) is -0.361. The van der Waals surface area contributed by atoms with Gasteiger partial charge in [-0.2, -0.15) is 0 Å². The van der Waals surface area contributed by atoms with Crippen molar-refractivity contribution < 1.29 is 19.1 Å². The van der Waals surface area contributed by atoms with Gasteiger partial charge < -0.3 is 9.47 Å². The van der Waals surface area contributed by atoms with Gasteiger partial charge in [0.2, 0.25) is 0 Å². The lowest BCUT2D eigenvalue weighted by molar-refractivity contribution is -0.147. The molecule has 1 rings (SSSR count). The molecule has 1 saturated heterocycles. The first-order chi connectivity index (χ1) is 5.57. The Bertz CT molecular complexity index is 211. The zero-order chi connectivity index (χ0) is 9.30. The van der Waals surface area contributed by atoms with Crippen LogP contribution in [0.15, 0.2) is 0 Å². The highest BCUT2D eigenvalue weighted by molar-refractivity contribution is 5.85. The van der Waals surface area contributed by atoms with E-state index in [1.807, 2.05) is 0 Å². The fraction of sp³-hybridized carbons (Fsp3) is 0.750. The largest absolute Gasteiger partial charge is 0.469 e. The van der Waals surface area contributed by atoms with Gasteiger partial charge in [-0.25, -0.2) is 0 Å². The summed E-state index contributed by atoms with van der Waals surface area (Å²) in [5.74, 6) is -1.52. The zero-order valence-electron chi connectivity index (χ0n) is 7.37. The molecule has 0 radical (unpaired) electrons. The Labute approximate surface area is 70.8 Å². The van der Waals surface area contributed by atoms with Crippen molar-refractivity contribution >= 4 is 11.9 Å². The van der Waals surface area contributed by atoms with Gasteiger partial charge in [-0.15, -0.1) is 0 Å². The first-order valence-electron chi connectivity index (χ1n) is 3.86. The van der Waals surface area contributed by atoms with Gasteiger partial charge in [0.15, 0.2) is 0 Å². The number of rotatable bonds is 1. The standard InChI is InChI=1S/C8H12O4/c1-4-6(8(10)11-3)5(2)12-7(4)9/h4-6H,1-3H3/t4-,5-,6-/m1/s1. The zero-order valence-corrected chi connectivity index (χ0v) is 7.37. The van der Waals surface area contributed by atoms with Crippen molar-refractivity contribution in [2.45, 2.75) is 20.0 Å². The molecule has 0 bridgehead atoms. The van der Waals surface area contributed by atoms with Gasteiger partial charge in [-0.1, -0.05) is 6.92 Å². The number of methoxy groups -OCH3 is 1. The lowest BCUT2D eigenvalue weighted by Gasteiger charge is -2.11. The van der Waals surface area contributed by atoms with E-state index in [-0.39, 0.29) is 24.0 Å². The summed E-state index contributed by atoms with van der Waals surface area (Å²) < 4.78 is 9.42. The Morgan fingerprint density at radius 2 is 2.08 bits per heavy atom. The van der Waals surface area contributed by atoms with E-state index in [0.29, 0.717) is 0 Å². The second kappa shape index (κ2) is 3.13. The Kier molecular flexibility index (Phi) is 2.35. The van der Waals surface area contributed by atoms with Crippen LogP contribution >= 0.6 is 0 Å². The molecule has 1 aliphatic heterocycles. The monoisotopic (exact) mass is 172 g/mol. The SMILES string of the molecule is COC(=O)[C@H]1[C@@H](C)OC(=O)[C@@H]1C. The molecule has 68 valence electrons. The minimum atomic E-state index is -0.442. The number of carbonyl (C=O) groups is 2. The van der Waals surface area contributed by atoms with E-state index in [9.17, 15) is 9.59 Å². The van der Waals surface area contributed by atoms with Gasteiger partial charge in [0, 0.05) is 0 Å². The van der Waals surface area contributed by atoms with Gasteiger partial charge in [0.1, 0.15) is 12.0 Å². The molecular formula is C8H12O4. The van der Waals surface area contributed by atoms with Crippen molar-refractivity contribution in [1.29, 1.82) is 0 Å². The molecule has 0 amide bonds. The molecule has 4 heteroatoms. The van der Waals surface area contributed by atoms with E-state index in [2.05, 4.69) is 4.74 Å². The summed E-state index contributed by atoms with van der Waals surface area (Å²) in [5, 5.41) is 0. The van der Waals surface area contributed by atoms with Gasteiger partial charge in [0.25, 0.3) is 0 Å². The molecule has 4 nitrogen and oxygen atoms in total. The molecule has 1 aliphatic rings. The predicted molar refractivity (Wildman–Crippen MR) is 40.2 cm³/mol. The Hall–Kier alpha value is -1.06. The van der Waals surface area contributed by atoms with Gasteiger partial charge in [0.05, 0.1) is 13.0 Å². The molecule has 0 aromatic heterocycles. The number of hydrogen-bond acceptors (Lipinski definition) is 4. The third-order valence-corrected chi connectivity index (χ3v) is 2.19. The van der Waals surface area contributed by atoms with Gasteiger partial charge in [-0.05, 0) is 6.92 Å². The van der Waals surface area contributed by atoms with Crippen LogP contribution < -0.4 is 0 Å². The van der Waals surface area contributed by atoms with Gasteiger partial charge >= 0.3 is 11.9 Å². The van der Waals surface area contributed by atoms with Crippen molar-refractivity contribution in [3.8, 4) is 0 Å². The van der Waals surface area contributed by atoms with Crippen molar-refractivity contribution in [3.05, 3.63) is 0 Å². The second-order valence-electron chi connectivity index (χ2n) is 2.98. The first-order valence-corrected chi connectivity index (χ1v) is 3.86. The van der Waals surface area contributed by atoms with Crippen molar-refractivity contribution in [2.24, 2.45) is 11.8 Å². The molecular weight excluding hydrogens is 160 g/mol. The number of cyclic esters (lactones) is 1. The molecule has 0 unspecified atom stereocenters. The van der Waals surface area contributed by atoms with Crippen LogP contribution in [-0.4, -0.2) is 25.2 Å². The molecule has 0 aromatic carbocycles. The van der Waals surface area contributed by atoms with Crippen LogP contribution in [0.1, 0.15) is 13.8 Å². The van der Waals surface area contributed by atoms with Gasteiger partial charge in [-0.3, -0.25) is 9.59 Å². The van der Waals surface area contributed by atoms with E-state index in [1.54, 1.807) is 13.8 Å². The smallest absolute Gasteiger partial charge is 0.313 e. The molecule has 1 fully saturated rings. The summed E-state index contributed by atoms with van der Waals surface area (Å²) >= 11 is 0. The lowest BCUT2D eigenvalue weighted by atomic mass is 9.93. The Morgan fingerprint density at radius 3 is 2.42 bits per heavy atom. The molecule has 0 spiro atoms. The third-order valence-electron chi connectivity index (χ3n) is 2.19. The minimum absolute atomic E-state index is 0.321. The van der Waals surface area contributed by atoms with E-state index >= 15 is 0 Å². The second-order valence-corrected chi connectivity index (χ2v) is 2.98. The fourth-order valence-electron chi connectivity index (χ4n) is 1.45. The molecule has 0 saturated carbocycles. The van der Waals surface area contributed by atoms with Crippen LogP contribution in [0.2, 0.25) is 0 Å². The number of hydrogen-bond donors (Lipinski definition) is 0. The average Bonchev–Trinajstić information content (AvgIpc) is 2.26. The molecule has 3 atom stereocenters. The van der Waals surface area contributed by atoms with E-state index in [4.69, 9.17) is 4.74 Å². The van der Waals surface area contributed by atoms with Crippen molar-refractivity contribution in [3.63, 3.8) is 0 Å². The summed E-state index contributed by atoms with van der Waals surface area (Å²) in [6.45, 7) is 3.37. The number of carbonyl (C=O) groups excluding carboxylic acids is 2. The van der Waals surface area contributed by atoms with Crippen LogP contribution in [0.3, 0.4) is 0 Å². The summed E-state index contributed by atoms with van der Waals surface area (Å²) in [6, 6.07) is 0. The predicted octanol–water partition coefficient (Wildman–Crippen LogP) is 0.357. The number of esters is 2. The summed E-state index contributed by atoms with van der Waals surface area (Å²) in [7, 11) is 1.31. The molecule has 0 N–H and O–H groups in total. The van der Waals surface area contributed by atoms with E-state index in [0.717, 1.165) is 0 Å². The maximum absolute atomic E-state index is 11.1. The quantitative estimate of drug-likeness (QED) is 0.536. The summed E-state index contributed by atoms with van der Waals surface area (Å²) in [4.78, 5) is 22.1. The van der Waals surface area contributed by atoms with Crippen LogP contribution in [0.4, 0.5) is 0 Å². The van der Waals surface area contributed by atoms with Crippen molar-refractivity contribution in [1.82, 2.24) is 0 Å². The Morgan fingerprint density at radius 1 is 1.50 bits per heavy atom. The van der Waals surface area contributed by atoms with E-state index in [1.165, 1.54) is 7.11 Å². The topological polar surface area (TPSA) is 52.6 Å². The highest BCUT2D eigenvalue weighted by Gasteiger charge is 2.44. The van der Waals surface area contributed by atoms with Crippen LogP contribution in [0.25, 0.3) is 0 Å². The van der Waals surface area contributed by atoms with Crippen LogP contribution in [0, 0.1) is 11.8 Å². The molecule has 0 aliphatic carbocycles. The lowest BCUT2D eigenvalue weighted by Crippen LogP contribution is -2.27.